The number of rotatable bonds is 3. The van der Waals surface area contributed by atoms with E-state index in [0.29, 0.717) is 5.92 Å². The molecule has 25 heavy (non-hydrogen) atoms. The van der Waals surface area contributed by atoms with Crippen LogP contribution in [0.25, 0.3) is 11.1 Å². The van der Waals surface area contributed by atoms with Gasteiger partial charge in [-0.05, 0) is 105 Å². The standard InChI is InChI=1S/C22H30N2O/c1-13-7-8-18-17(9-10-19(23)21(13)18)20-14(2)11-16(12-15(20)3)25-24-22(4,5)6/h9-13,24H,7-8,23H2,1-6H3/t13-/m1/s1. The van der Waals surface area contributed by atoms with Gasteiger partial charge in [0.2, 0.25) is 0 Å². The molecule has 0 aliphatic heterocycles. The number of hydroxylamine groups is 1. The number of anilines is 1. The molecule has 3 nitrogen and oxygen atoms in total. The van der Waals surface area contributed by atoms with Gasteiger partial charge in [-0.2, -0.15) is 5.48 Å². The van der Waals surface area contributed by atoms with Gasteiger partial charge in [-0.1, -0.05) is 13.0 Å². The third-order valence-electron chi connectivity index (χ3n) is 4.96. The lowest BCUT2D eigenvalue weighted by Gasteiger charge is -2.22. The van der Waals surface area contributed by atoms with Gasteiger partial charge in [0.1, 0.15) is 5.75 Å². The highest BCUT2D eigenvalue weighted by molar-refractivity contribution is 5.79. The summed E-state index contributed by atoms with van der Waals surface area (Å²) in [6.07, 6.45) is 2.30. The van der Waals surface area contributed by atoms with Crippen molar-refractivity contribution in [3.05, 3.63) is 46.5 Å². The van der Waals surface area contributed by atoms with Crippen molar-refractivity contribution in [1.82, 2.24) is 5.48 Å². The van der Waals surface area contributed by atoms with Crippen molar-refractivity contribution in [2.24, 2.45) is 0 Å². The number of hydrogen-bond acceptors (Lipinski definition) is 3. The Morgan fingerprint density at radius 1 is 1.12 bits per heavy atom. The van der Waals surface area contributed by atoms with Gasteiger partial charge in [-0.15, -0.1) is 0 Å². The first kappa shape index (κ1) is 17.8. The van der Waals surface area contributed by atoms with Gasteiger partial charge in [0, 0.05) is 11.2 Å². The molecule has 2 aromatic rings. The Morgan fingerprint density at radius 2 is 1.76 bits per heavy atom. The van der Waals surface area contributed by atoms with Crippen LogP contribution in [0.2, 0.25) is 0 Å². The Labute approximate surface area is 151 Å². The average Bonchev–Trinajstić information content (AvgIpc) is 2.89. The van der Waals surface area contributed by atoms with Crippen molar-refractivity contribution in [1.29, 1.82) is 0 Å². The van der Waals surface area contributed by atoms with Crippen LogP contribution in [0.3, 0.4) is 0 Å². The van der Waals surface area contributed by atoms with E-state index >= 15 is 0 Å². The zero-order valence-electron chi connectivity index (χ0n) is 16.3. The van der Waals surface area contributed by atoms with E-state index in [-0.39, 0.29) is 5.54 Å². The van der Waals surface area contributed by atoms with E-state index in [1.165, 1.54) is 39.8 Å². The second-order valence-corrected chi connectivity index (χ2v) is 8.42. The van der Waals surface area contributed by atoms with Crippen LogP contribution in [0.5, 0.6) is 5.75 Å². The Balaban J connectivity index is 2.02. The maximum Gasteiger partial charge on any atom is 0.147 e. The summed E-state index contributed by atoms with van der Waals surface area (Å²) in [4.78, 5) is 5.78. The lowest BCUT2D eigenvalue weighted by atomic mass is 9.89. The highest BCUT2D eigenvalue weighted by atomic mass is 16.6. The average molecular weight is 338 g/mol. The van der Waals surface area contributed by atoms with Crippen molar-refractivity contribution in [3.63, 3.8) is 0 Å². The first-order valence-corrected chi connectivity index (χ1v) is 9.14. The van der Waals surface area contributed by atoms with E-state index in [0.717, 1.165) is 17.9 Å². The van der Waals surface area contributed by atoms with Gasteiger partial charge in [0.15, 0.2) is 0 Å². The maximum atomic E-state index is 6.26. The zero-order valence-corrected chi connectivity index (χ0v) is 16.3. The molecular weight excluding hydrogens is 308 g/mol. The number of benzene rings is 2. The molecule has 0 bridgehead atoms. The van der Waals surface area contributed by atoms with E-state index in [1.807, 2.05) is 0 Å². The summed E-state index contributed by atoms with van der Waals surface area (Å²) >= 11 is 0. The van der Waals surface area contributed by atoms with Crippen LogP contribution in [-0.4, -0.2) is 5.54 Å². The summed E-state index contributed by atoms with van der Waals surface area (Å²) in [5.41, 5.74) is 18.1. The molecule has 0 heterocycles. The van der Waals surface area contributed by atoms with E-state index in [2.05, 4.69) is 71.3 Å². The predicted molar refractivity (Wildman–Crippen MR) is 106 cm³/mol. The quantitative estimate of drug-likeness (QED) is 0.591. The molecule has 3 N–H and O–H groups in total. The first-order valence-electron chi connectivity index (χ1n) is 9.14. The van der Waals surface area contributed by atoms with Crippen molar-refractivity contribution in [3.8, 4) is 16.9 Å². The molecule has 1 aliphatic carbocycles. The number of aryl methyl sites for hydroxylation is 2. The molecule has 0 fully saturated rings. The summed E-state index contributed by atoms with van der Waals surface area (Å²) in [5, 5.41) is 0. The predicted octanol–water partition coefficient (Wildman–Crippen LogP) is 5.28. The number of fused-ring (bicyclic) bond motifs is 1. The molecule has 0 amide bonds. The monoisotopic (exact) mass is 338 g/mol. The maximum absolute atomic E-state index is 6.26. The third kappa shape index (κ3) is 3.52. The van der Waals surface area contributed by atoms with Crippen molar-refractivity contribution in [2.45, 2.75) is 65.8 Å². The summed E-state index contributed by atoms with van der Waals surface area (Å²) in [6, 6.07) is 8.49. The second kappa shape index (κ2) is 6.38. The fraction of sp³-hybridized carbons (Fsp3) is 0.455. The van der Waals surface area contributed by atoms with Crippen molar-refractivity contribution >= 4 is 5.69 Å². The topological polar surface area (TPSA) is 47.3 Å². The number of hydrogen-bond donors (Lipinski definition) is 2. The number of nitrogens with one attached hydrogen (secondary N) is 1. The minimum Gasteiger partial charge on any atom is -0.408 e. The fourth-order valence-corrected chi connectivity index (χ4v) is 3.89. The fourth-order valence-electron chi connectivity index (χ4n) is 3.89. The molecular formula is C22H30N2O. The minimum absolute atomic E-state index is 0.0889. The van der Waals surface area contributed by atoms with Gasteiger partial charge in [-0.25, -0.2) is 0 Å². The van der Waals surface area contributed by atoms with Crippen LogP contribution in [0, 0.1) is 13.8 Å². The summed E-state index contributed by atoms with van der Waals surface area (Å²) in [6.45, 7) is 12.8. The Bertz CT molecular complexity index is 779. The Morgan fingerprint density at radius 3 is 2.36 bits per heavy atom. The van der Waals surface area contributed by atoms with Crippen molar-refractivity contribution in [2.75, 3.05) is 5.73 Å². The number of nitrogens with two attached hydrogens (primary N) is 1. The Kier molecular flexibility index (Phi) is 4.54. The molecule has 134 valence electrons. The second-order valence-electron chi connectivity index (χ2n) is 8.42. The molecule has 0 spiro atoms. The molecule has 1 atom stereocenters. The number of nitrogen functional groups attached to an aromatic ring is 1. The van der Waals surface area contributed by atoms with Gasteiger partial charge in [0.05, 0.1) is 0 Å². The lowest BCUT2D eigenvalue weighted by molar-refractivity contribution is 0.119. The third-order valence-corrected chi connectivity index (χ3v) is 4.96. The van der Waals surface area contributed by atoms with Crippen LogP contribution < -0.4 is 16.1 Å². The SMILES string of the molecule is Cc1cc(ONC(C)(C)C)cc(C)c1-c1ccc(N)c2c1CC[C@H]2C. The van der Waals surface area contributed by atoms with Crippen LogP contribution >= 0.6 is 0 Å². The molecule has 2 aromatic carbocycles. The van der Waals surface area contributed by atoms with Crippen LogP contribution in [-0.2, 0) is 6.42 Å². The highest BCUT2D eigenvalue weighted by Gasteiger charge is 2.25. The van der Waals surface area contributed by atoms with E-state index in [9.17, 15) is 0 Å². The van der Waals surface area contributed by atoms with Gasteiger partial charge in [0.25, 0.3) is 0 Å². The van der Waals surface area contributed by atoms with Crippen LogP contribution in [0.4, 0.5) is 5.69 Å². The van der Waals surface area contributed by atoms with Crippen molar-refractivity contribution < 1.29 is 4.84 Å². The van der Waals surface area contributed by atoms with Gasteiger partial charge >= 0.3 is 0 Å². The smallest absolute Gasteiger partial charge is 0.147 e. The first-order chi connectivity index (χ1) is 11.7. The molecule has 0 saturated carbocycles. The molecule has 3 rings (SSSR count). The van der Waals surface area contributed by atoms with Gasteiger partial charge < -0.3 is 10.6 Å². The molecule has 3 heteroatoms. The summed E-state index contributed by atoms with van der Waals surface area (Å²) in [5.74, 6) is 1.41. The lowest BCUT2D eigenvalue weighted by Crippen LogP contribution is -2.38. The van der Waals surface area contributed by atoms with Crippen LogP contribution in [0.15, 0.2) is 24.3 Å². The van der Waals surface area contributed by atoms with Gasteiger partial charge in [-0.3, -0.25) is 0 Å². The van der Waals surface area contributed by atoms with E-state index < -0.39 is 0 Å². The normalized spacial score (nSPS) is 16.8. The molecule has 0 radical (unpaired) electrons. The zero-order chi connectivity index (χ0) is 18.4. The molecule has 0 unspecified atom stereocenters. The highest BCUT2D eigenvalue weighted by Crippen LogP contribution is 2.44. The largest absolute Gasteiger partial charge is 0.408 e. The van der Waals surface area contributed by atoms with Crippen LogP contribution in [0.1, 0.15) is 62.3 Å². The molecule has 1 aliphatic rings. The Hall–Kier alpha value is -2.00. The van der Waals surface area contributed by atoms with E-state index in [1.54, 1.807) is 0 Å². The summed E-state index contributed by atoms with van der Waals surface area (Å²) < 4.78 is 0. The molecule has 0 aromatic heterocycles. The van der Waals surface area contributed by atoms with E-state index in [4.69, 9.17) is 10.6 Å². The minimum atomic E-state index is -0.0889. The molecule has 0 saturated heterocycles. The summed E-state index contributed by atoms with van der Waals surface area (Å²) in [7, 11) is 0.